The van der Waals surface area contributed by atoms with E-state index in [1.54, 1.807) is 0 Å². The fraction of sp³-hybridized carbons (Fsp3) is 0.909. The second-order valence-corrected chi connectivity index (χ2v) is 4.43. The molecule has 1 fully saturated rings. The maximum Gasteiger partial charge on any atom is 0.224 e. The van der Waals surface area contributed by atoms with E-state index in [1.165, 1.54) is 6.42 Å². The minimum Gasteiger partial charge on any atom is -0.356 e. The van der Waals surface area contributed by atoms with Gasteiger partial charge in [-0.2, -0.15) is 0 Å². The Kier molecular flexibility index (Phi) is 4.39. The number of rotatable bonds is 6. The molecule has 0 radical (unpaired) electrons. The molecule has 2 N–H and O–H groups in total. The van der Waals surface area contributed by atoms with E-state index in [1.807, 2.05) is 6.92 Å². The molecule has 0 bridgehead atoms. The molecule has 14 heavy (non-hydrogen) atoms. The van der Waals surface area contributed by atoms with Crippen molar-refractivity contribution in [1.29, 1.82) is 0 Å². The van der Waals surface area contributed by atoms with Gasteiger partial charge in [0.05, 0.1) is 0 Å². The molecule has 1 aliphatic rings. The normalized spacial score (nSPS) is 27.1. The molecule has 0 aliphatic heterocycles. The first kappa shape index (κ1) is 11.5. The highest BCUT2D eigenvalue weighted by Gasteiger charge is 2.32. The Morgan fingerprint density at radius 2 is 2.21 bits per heavy atom. The van der Waals surface area contributed by atoms with E-state index in [0.717, 1.165) is 31.5 Å². The minimum absolute atomic E-state index is 0.0870. The number of amides is 1. The van der Waals surface area contributed by atoms with E-state index >= 15 is 0 Å². The smallest absolute Gasteiger partial charge is 0.224 e. The third-order valence-electron chi connectivity index (χ3n) is 2.96. The van der Waals surface area contributed by atoms with Gasteiger partial charge in [0.25, 0.3) is 0 Å². The van der Waals surface area contributed by atoms with E-state index in [4.69, 9.17) is 0 Å². The summed E-state index contributed by atoms with van der Waals surface area (Å²) in [6, 6.07) is 0. The molecule has 3 heteroatoms. The Balaban J connectivity index is 2.07. The summed E-state index contributed by atoms with van der Waals surface area (Å²) in [4.78, 5) is 11.5. The molecular weight excluding hydrogens is 176 g/mol. The van der Waals surface area contributed by atoms with Crippen molar-refractivity contribution in [3.63, 3.8) is 0 Å². The van der Waals surface area contributed by atoms with Gasteiger partial charge in [0.1, 0.15) is 0 Å². The number of carbonyl (C=O) groups excluding carboxylic acids is 1. The van der Waals surface area contributed by atoms with Crippen molar-refractivity contribution < 1.29 is 4.79 Å². The Morgan fingerprint density at radius 3 is 2.71 bits per heavy atom. The van der Waals surface area contributed by atoms with Gasteiger partial charge >= 0.3 is 0 Å². The number of nitrogens with one attached hydrogen (secondary N) is 2. The van der Waals surface area contributed by atoms with Crippen molar-refractivity contribution in [3.8, 4) is 0 Å². The SMILES string of the molecule is CCNCC(C)C(=O)NCC1CC1C. The molecular formula is C11H22N2O. The first-order valence-corrected chi connectivity index (χ1v) is 5.63. The van der Waals surface area contributed by atoms with Gasteiger partial charge in [0.2, 0.25) is 5.91 Å². The summed E-state index contributed by atoms with van der Waals surface area (Å²) < 4.78 is 0. The molecule has 3 atom stereocenters. The summed E-state index contributed by atoms with van der Waals surface area (Å²) in [5.41, 5.74) is 0. The molecule has 3 unspecified atom stereocenters. The van der Waals surface area contributed by atoms with E-state index in [9.17, 15) is 4.79 Å². The maximum atomic E-state index is 11.5. The molecule has 0 aromatic carbocycles. The molecule has 0 heterocycles. The average molecular weight is 198 g/mol. The summed E-state index contributed by atoms with van der Waals surface area (Å²) in [5, 5.41) is 6.18. The predicted octanol–water partition coefficient (Wildman–Crippen LogP) is 1.00. The highest BCUT2D eigenvalue weighted by Crippen LogP contribution is 2.36. The second kappa shape index (κ2) is 5.35. The third kappa shape index (κ3) is 3.66. The lowest BCUT2D eigenvalue weighted by Crippen LogP contribution is -2.36. The highest BCUT2D eigenvalue weighted by molar-refractivity contribution is 5.78. The van der Waals surface area contributed by atoms with Gasteiger partial charge in [0.15, 0.2) is 0 Å². The second-order valence-electron chi connectivity index (χ2n) is 4.43. The molecule has 0 spiro atoms. The summed E-state index contributed by atoms with van der Waals surface area (Å²) in [7, 11) is 0. The zero-order valence-electron chi connectivity index (χ0n) is 9.47. The van der Waals surface area contributed by atoms with E-state index in [2.05, 4.69) is 24.5 Å². The molecule has 0 aromatic heterocycles. The van der Waals surface area contributed by atoms with Crippen LogP contribution in [0.3, 0.4) is 0 Å². The van der Waals surface area contributed by atoms with Crippen molar-refractivity contribution in [2.24, 2.45) is 17.8 Å². The van der Waals surface area contributed by atoms with Crippen molar-refractivity contribution in [2.75, 3.05) is 19.6 Å². The van der Waals surface area contributed by atoms with Gasteiger partial charge in [-0.15, -0.1) is 0 Å². The molecule has 1 rings (SSSR count). The van der Waals surface area contributed by atoms with Crippen molar-refractivity contribution >= 4 is 5.91 Å². The van der Waals surface area contributed by atoms with E-state index in [0.29, 0.717) is 0 Å². The Morgan fingerprint density at radius 1 is 1.57 bits per heavy atom. The molecule has 1 aliphatic carbocycles. The third-order valence-corrected chi connectivity index (χ3v) is 2.96. The first-order chi connectivity index (χ1) is 6.65. The first-order valence-electron chi connectivity index (χ1n) is 5.63. The molecule has 1 amide bonds. The fourth-order valence-corrected chi connectivity index (χ4v) is 1.54. The number of hydrogen-bond donors (Lipinski definition) is 2. The van der Waals surface area contributed by atoms with Gasteiger partial charge in [-0.3, -0.25) is 4.79 Å². The van der Waals surface area contributed by atoms with Crippen LogP contribution in [0, 0.1) is 17.8 Å². The van der Waals surface area contributed by atoms with Crippen LogP contribution in [-0.4, -0.2) is 25.5 Å². The summed E-state index contributed by atoms with van der Waals surface area (Å²) in [6.45, 7) is 8.83. The molecule has 0 saturated heterocycles. The number of hydrogen-bond acceptors (Lipinski definition) is 2. The average Bonchev–Trinajstić information content (AvgIpc) is 2.87. The summed E-state index contributed by atoms with van der Waals surface area (Å²) in [5.74, 6) is 1.83. The van der Waals surface area contributed by atoms with Crippen LogP contribution in [0.5, 0.6) is 0 Å². The van der Waals surface area contributed by atoms with Crippen LogP contribution in [0.2, 0.25) is 0 Å². The Bertz CT molecular complexity index is 194. The lowest BCUT2D eigenvalue weighted by Gasteiger charge is -2.11. The van der Waals surface area contributed by atoms with E-state index < -0.39 is 0 Å². The molecule has 82 valence electrons. The topological polar surface area (TPSA) is 41.1 Å². The van der Waals surface area contributed by atoms with Crippen LogP contribution >= 0.6 is 0 Å². The standard InChI is InChI=1S/C11H22N2O/c1-4-12-6-9(3)11(14)13-7-10-5-8(10)2/h8-10,12H,4-7H2,1-3H3,(H,13,14). The Labute approximate surface area is 86.6 Å². The zero-order valence-corrected chi connectivity index (χ0v) is 9.47. The van der Waals surface area contributed by atoms with Gasteiger partial charge in [-0.25, -0.2) is 0 Å². The Hall–Kier alpha value is -0.570. The van der Waals surface area contributed by atoms with Crippen LogP contribution in [0.4, 0.5) is 0 Å². The largest absolute Gasteiger partial charge is 0.356 e. The van der Waals surface area contributed by atoms with Crippen LogP contribution < -0.4 is 10.6 Å². The van der Waals surface area contributed by atoms with Gasteiger partial charge in [0, 0.05) is 19.0 Å². The number of carbonyl (C=O) groups is 1. The zero-order chi connectivity index (χ0) is 10.6. The quantitative estimate of drug-likeness (QED) is 0.668. The summed E-state index contributed by atoms with van der Waals surface area (Å²) in [6.07, 6.45) is 1.28. The van der Waals surface area contributed by atoms with Gasteiger partial charge in [-0.05, 0) is 24.8 Å². The van der Waals surface area contributed by atoms with Gasteiger partial charge in [-0.1, -0.05) is 20.8 Å². The predicted molar refractivity (Wildman–Crippen MR) is 58.0 cm³/mol. The lowest BCUT2D eigenvalue weighted by molar-refractivity contribution is -0.124. The monoisotopic (exact) mass is 198 g/mol. The van der Waals surface area contributed by atoms with Crippen LogP contribution in [0.1, 0.15) is 27.2 Å². The van der Waals surface area contributed by atoms with Crippen LogP contribution in [0.25, 0.3) is 0 Å². The van der Waals surface area contributed by atoms with Crippen LogP contribution in [-0.2, 0) is 4.79 Å². The summed E-state index contributed by atoms with van der Waals surface area (Å²) >= 11 is 0. The van der Waals surface area contributed by atoms with Gasteiger partial charge < -0.3 is 10.6 Å². The van der Waals surface area contributed by atoms with Crippen molar-refractivity contribution in [2.45, 2.75) is 27.2 Å². The van der Waals surface area contributed by atoms with E-state index in [-0.39, 0.29) is 11.8 Å². The maximum absolute atomic E-state index is 11.5. The molecule has 1 saturated carbocycles. The highest BCUT2D eigenvalue weighted by atomic mass is 16.1. The fourth-order valence-electron chi connectivity index (χ4n) is 1.54. The molecule has 3 nitrogen and oxygen atoms in total. The van der Waals surface area contributed by atoms with Crippen molar-refractivity contribution in [1.82, 2.24) is 10.6 Å². The lowest BCUT2D eigenvalue weighted by atomic mass is 10.1. The van der Waals surface area contributed by atoms with Crippen LogP contribution in [0.15, 0.2) is 0 Å². The minimum atomic E-state index is 0.0870. The molecule has 0 aromatic rings. The van der Waals surface area contributed by atoms with Crippen molar-refractivity contribution in [3.05, 3.63) is 0 Å².